The van der Waals surface area contributed by atoms with Crippen molar-refractivity contribution >= 4 is 28.6 Å². The van der Waals surface area contributed by atoms with E-state index in [1.807, 2.05) is 24.3 Å². The summed E-state index contributed by atoms with van der Waals surface area (Å²) in [5, 5.41) is 6.29. The fourth-order valence-electron chi connectivity index (χ4n) is 2.77. The first-order valence-electron chi connectivity index (χ1n) is 8.65. The van der Waals surface area contributed by atoms with E-state index in [-0.39, 0.29) is 24.8 Å². The minimum atomic E-state index is -0.438. The number of amides is 2. The highest BCUT2D eigenvalue weighted by atomic mass is 19.1. The summed E-state index contributed by atoms with van der Waals surface area (Å²) in [6.45, 7) is 2.20. The maximum Gasteiger partial charge on any atom is 0.319 e. The summed E-state index contributed by atoms with van der Waals surface area (Å²) in [5.74, 6) is -0.696. The van der Waals surface area contributed by atoms with E-state index in [9.17, 15) is 14.0 Å². The fraction of sp³-hybridized carbons (Fsp3) is 0.200. The van der Waals surface area contributed by atoms with Gasteiger partial charge in [0.25, 0.3) is 0 Å². The Bertz CT molecular complexity index is 951. The molecule has 0 atom stereocenters. The topological polar surface area (TPSA) is 83.2 Å². The van der Waals surface area contributed by atoms with Crippen molar-refractivity contribution < 1.29 is 18.7 Å². The second kappa shape index (κ2) is 8.35. The van der Waals surface area contributed by atoms with Gasteiger partial charge in [0.05, 0.1) is 24.4 Å². The third-order valence-electron chi connectivity index (χ3n) is 4.00. The molecule has 6 nitrogen and oxygen atoms in total. The Morgan fingerprint density at radius 2 is 1.85 bits per heavy atom. The Morgan fingerprint density at radius 3 is 2.59 bits per heavy atom. The summed E-state index contributed by atoms with van der Waals surface area (Å²) in [6, 6.07) is 13.1. The number of aromatic amines is 1. The van der Waals surface area contributed by atoms with Gasteiger partial charge in [0.1, 0.15) is 5.82 Å². The molecule has 0 unspecified atom stereocenters. The van der Waals surface area contributed by atoms with Crippen LogP contribution >= 0.6 is 0 Å². The molecule has 0 aliphatic carbocycles. The number of fused-ring (bicyclic) bond motifs is 1. The zero-order valence-corrected chi connectivity index (χ0v) is 14.8. The number of esters is 1. The van der Waals surface area contributed by atoms with Crippen LogP contribution in [0.25, 0.3) is 22.2 Å². The minimum absolute atomic E-state index is 0.0972. The molecule has 1 aromatic heterocycles. The number of ether oxygens (including phenoxy) is 1. The van der Waals surface area contributed by atoms with Crippen LogP contribution in [0.15, 0.2) is 48.5 Å². The van der Waals surface area contributed by atoms with Crippen molar-refractivity contribution in [2.75, 3.05) is 18.5 Å². The average Bonchev–Trinajstić information content (AvgIpc) is 3.01. The number of carbonyl (C=O) groups is 2. The molecule has 3 N–H and O–H groups in total. The average molecular weight is 369 g/mol. The Labute approximate surface area is 155 Å². The lowest BCUT2D eigenvalue weighted by Crippen LogP contribution is -2.31. The van der Waals surface area contributed by atoms with E-state index >= 15 is 0 Å². The summed E-state index contributed by atoms with van der Waals surface area (Å²) in [6.07, 6.45) is 0.0972. The highest BCUT2D eigenvalue weighted by Crippen LogP contribution is 2.34. The van der Waals surface area contributed by atoms with Crippen LogP contribution in [0.4, 0.5) is 14.9 Å². The van der Waals surface area contributed by atoms with Gasteiger partial charge in [0.15, 0.2) is 0 Å². The summed E-state index contributed by atoms with van der Waals surface area (Å²) in [5.41, 5.74) is 2.86. The van der Waals surface area contributed by atoms with Crippen LogP contribution in [0.3, 0.4) is 0 Å². The molecule has 2 aromatic carbocycles. The summed E-state index contributed by atoms with van der Waals surface area (Å²) >= 11 is 0. The second-order valence-corrected chi connectivity index (χ2v) is 5.86. The minimum Gasteiger partial charge on any atom is -0.466 e. The lowest BCUT2D eigenvalue weighted by atomic mass is 10.1. The summed E-state index contributed by atoms with van der Waals surface area (Å²) in [4.78, 5) is 26.9. The Morgan fingerprint density at radius 1 is 1.11 bits per heavy atom. The number of hydrogen-bond donors (Lipinski definition) is 3. The number of benzene rings is 2. The van der Waals surface area contributed by atoms with Crippen molar-refractivity contribution in [2.24, 2.45) is 0 Å². The molecule has 3 aromatic rings. The zero-order valence-electron chi connectivity index (χ0n) is 14.8. The highest BCUT2D eigenvalue weighted by molar-refractivity contribution is 6.07. The Kier molecular flexibility index (Phi) is 5.71. The van der Waals surface area contributed by atoms with Crippen LogP contribution < -0.4 is 10.6 Å². The number of carbonyl (C=O) groups excluding carboxylic acids is 2. The highest BCUT2D eigenvalue weighted by Gasteiger charge is 2.15. The number of halogens is 1. The van der Waals surface area contributed by atoms with E-state index in [2.05, 4.69) is 15.6 Å². The molecule has 0 saturated carbocycles. The molecule has 0 fully saturated rings. The molecular formula is C20H20FN3O3. The molecule has 0 aliphatic heterocycles. The normalized spacial score (nSPS) is 10.6. The van der Waals surface area contributed by atoms with E-state index in [0.29, 0.717) is 18.0 Å². The molecular weight excluding hydrogens is 349 g/mol. The van der Waals surface area contributed by atoms with Gasteiger partial charge >= 0.3 is 12.0 Å². The molecule has 27 heavy (non-hydrogen) atoms. The number of aromatic nitrogens is 1. The second-order valence-electron chi connectivity index (χ2n) is 5.86. The van der Waals surface area contributed by atoms with Gasteiger partial charge in [-0.1, -0.05) is 18.2 Å². The number of rotatable bonds is 6. The van der Waals surface area contributed by atoms with Crippen LogP contribution in [0.5, 0.6) is 0 Å². The first-order chi connectivity index (χ1) is 13.1. The smallest absolute Gasteiger partial charge is 0.319 e. The molecule has 140 valence electrons. The Balaban J connectivity index is 1.80. The third-order valence-corrected chi connectivity index (χ3v) is 4.00. The molecule has 2 amide bonds. The number of H-pyrrole nitrogens is 1. The van der Waals surface area contributed by atoms with E-state index in [4.69, 9.17) is 4.74 Å². The quantitative estimate of drug-likeness (QED) is 0.573. The standard InChI is InChI=1S/C20H20FN3O3/c1-2-27-17(25)11-12-22-20(26)24-19-15-5-3-4-6-16(15)23-18(19)13-7-9-14(21)10-8-13/h3-10,23H,2,11-12H2,1H3,(H2,22,24,26). The monoisotopic (exact) mass is 369 g/mol. The largest absolute Gasteiger partial charge is 0.466 e. The first-order valence-corrected chi connectivity index (χ1v) is 8.65. The van der Waals surface area contributed by atoms with Gasteiger partial charge in [-0.25, -0.2) is 9.18 Å². The number of urea groups is 1. The molecule has 0 spiro atoms. The maximum absolute atomic E-state index is 13.2. The van der Waals surface area contributed by atoms with Gasteiger partial charge in [-0.2, -0.15) is 0 Å². The zero-order chi connectivity index (χ0) is 19.2. The van der Waals surface area contributed by atoms with Gasteiger partial charge < -0.3 is 20.4 Å². The molecule has 1 heterocycles. The summed E-state index contributed by atoms with van der Waals surface area (Å²) < 4.78 is 18.1. The number of nitrogens with one attached hydrogen (secondary N) is 3. The van der Waals surface area contributed by atoms with Gasteiger partial charge in [-0.3, -0.25) is 4.79 Å². The number of anilines is 1. The van der Waals surface area contributed by atoms with Gasteiger partial charge in [0, 0.05) is 23.0 Å². The fourth-order valence-corrected chi connectivity index (χ4v) is 2.77. The maximum atomic E-state index is 13.2. The molecule has 0 bridgehead atoms. The SMILES string of the molecule is CCOC(=O)CCNC(=O)Nc1c(-c2ccc(F)cc2)[nH]c2ccccc12. The first kappa shape index (κ1) is 18.4. The van der Waals surface area contributed by atoms with Crippen molar-refractivity contribution in [1.29, 1.82) is 0 Å². The van der Waals surface area contributed by atoms with Crippen LogP contribution in [-0.2, 0) is 9.53 Å². The van der Waals surface area contributed by atoms with Crippen LogP contribution in [0, 0.1) is 5.82 Å². The molecule has 3 rings (SSSR count). The molecule has 0 aliphatic rings. The molecule has 0 radical (unpaired) electrons. The molecule has 7 heteroatoms. The number of hydrogen-bond acceptors (Lipinski definition) is 3. The predicted octanol–water partition coefficient (Wildman–Crippen LogP) is 4.05. The lowest BCUT2D eigenvalue weighted by Gasteiger charge is -2.09. The lowest BCUT2D eigenvalue weighted by molar-refractivity contribution is -0.142. The van der Waals surface area contributed by atoms with Crippen LogP contribution in [-0.4, -0.2) is 30.1 Å². The van der Waals surface area contributed by atoms with Crippen LogP contribution in [0.2, 0.25) is 0 Å². The van der Waals surface area contributed by atoms with E-state index in [0.717, 1.165) is 16.5 Å². The van der Waals surface area contributed by atoms with E-state index in [1.54, 1.807) is 19.1 Å². The van der Waals surface area contributed by atoms with Crippen molar-refractivity contribution in [3.8, 4) is 11.3 Å². The van der Waals surface area contributed by atoms with Gasteiger partial charge in [-0.05, 0) is 37.3 Å². The van der Waals surface area contributed by atoms with Crippen molar-refractivity contribution in [1.82, 2.24) is 10.3 Å². The van der Waals surface area contributed by atoms with Gasteiger partial charge in [0.2, 0.25) is 0 Å². The predicted molar refractivity (Wildman–Crippen MR) is 102 cm³/mol. The third kappa shape index (κ3) is 4.44. The van der Waals surface area contributed by atoms with Gasteiger partial charge in [-0.15, -0.1) is 0 Å². The van der Waals surface area contributed by atoms with E-state index < -0.39 is 6.03 Å². The number of para-hydroxylation sites is 1. The van der Waals surface area contributed by atoms with Crippen LogP contribution in [0.1, 0.15) is 13.3 Å². The van der Waals surface area contributed by atoms with Crippen molar-refractivity contribution in [3.63, 3.8) is 0 Å². The Hall–Kier alpha value is -3.35. The summed E-state index contributed by atoms with van der Waals surface area (Å²) in [7, 11) is 0. The van der Waals surface area contributed by atoms with Crippen molar-refractivity contribution in [2.45, 2.75) is 13.3 Å². The van der Waals surface area contributed by atoms with E-state index in [1.165, 1.54) is 12.1 Å². The van der Waals surface area contributed by atoms with Crippen molar-refractivity contribution in [3.05, 3.63) is 54.3 Å². The molecule has 0 saturated heterocycles.